The smallest absolute Gasteiger partial charge is 0.249 e. The van der Waals surface area contributed by atoms with Gasteiger partial charge in [0.2, 0.25) is 11.8 Å². The van der Waals surface area contributed by atoms with Gasteiger partial charge in [-0.1, -0.05) is 0 Å². The molecule has 1 rings (SSSR count). The van der Waals surface area contributed by atoms with Crippen LogP contribution in [0.5, 0.6) is 0 Å². The van der Waals surface area contributed by atoms with E-state index in [1.807, 2.05) is 0 Å². The molecule has 16 heavy (non-hydrogen) atoms. The minimum Gasteiger partial charge on any atom is -0.394 e. The van der Waals surface area contributed by atoms with Crippen LogP contribution < -0.4 is 5.32 Å². The summed E-state index contributed by atoms with van der Waals surface area (Å²) in [6, 6.07) is 0. The van der Waals surface area contributed by atoms with E-state index >= 15 is 0 Å². The lowest BCUT2D eigenvalue weighted by molar-refractivity contribution is -0.153. The first-order chi connectivity index (χ1) is 7.49. The van der Waals surface area contributed by atoms with Gasteiger partial charge in [-0.25, -0.2) is 0 Å². The van der Waals surface area contributed by atoms with Crippen molar-refractivity contribution in [3.05, 3.63) is 0 Å². The van der Waals surface area contributed by atoms with Gasteiger partial charge >= 0.3 is 0 Å². The Morgan fingerprint density at radius 1 is 1.44 bits per heavy atom. The zero-order chi connectivity index (χ0) is 12.2. The average molecular weight is 230 g/mol. The van der Waals surface area contributed by atoms with Crippen molar-refractivity contribution in [2.45, 2.75) is 19.4 Å². The number of ether oxygens (including phenoxy) is 1. The summed E-state index contributed by atoms with van der Waals surface area (Å²) < 4.78 is 5.03. The molecule has 0 spiro atoms. The number of aliphatic hydroxyl groups is 1. The van der Waals surface area contributed by atoms with E-state index in [1.54, 1.807) is 13.8 Å². The van der Waals surface area contributed by atoms with Crippen molar-refractivity contribution in [2.75, 3.05) is 32.9 Å². The highest BCUT2D eigenvalue weighted by molar-refractivity contribution is 6.03. The van der Waals surface area contributed by atoms with E-state index in [0.29, 0.717) is 0 Å². The number of hydrogen-bond donors (Lipinski definition) is 2. The zero-order valence-electron chi connectivity index (χ0n) is 9.65. The van der Waals surface area contributed by atoms with Crippen LogP contribution in [0.15, 0.2) is 0 Å². The minimum atomic E-state index is -0.703. The molecule has 1 fully saturated rings. The minimum absolute atomic E-state index is 0.0606. The maximum Gasteiger partial charge on any atom is 0.249 e. The molecule has 1 saturated heterocycles. The van der Waals surface area contributed by atoms with E-state index in [-0.39, 0.29) is 44.7 Å². The Bertz CT molecular complexity index is 278. The molecule has 1 aliphatic heterocycles. The Balaban J connectivity index is 2.49. The quantitative estimate of drug-likeness (QED) is 0.455. The third-order valence-corrected chi connectivity index (χ3v) is 2.46. The van der Waals surface area contributed by atoms with Gasteiger partial charge in [0.15, 0.2) is 0 Å². The first kappa shape index (κ1) is 13.1. The van der Waals surface area contributed by atoms with Crippen LogP contribution in [0.25, 0.3) is 0 Å². The van der Waals surface area contributed by atoms with Crippen LogP contribution in [0.3, 0.4) is 0 Å². The van der Waals surface area contributed by atoms with Crippen LogP contribution in [0.4, 0.5) is 0 Å². The number of rotatable bonds is 5. The summed E-state index contributed by atoms with van der Waals surface area (Å²) in [6.07, 6.45) is 0. The van der Waals surface area contributed by atoms with Crippen LogP contribution in [0.2, 0.25) is 0 Å². The fourth-order valence-electron chi connectivity index (χ4n) is 1.47. The van der Waals surface area contributed by atoms with Gasteiger partial charge in [-0.2, -0.15) is 0 Å². The topological polar surface area (TPSA) is 78.9 Å². The predicted octanol–water partition coefficient (Wildman–Crippen LogP) is -1.27. The van der Waals surface area contributed by atoms with Crippen molar-refractivity contribution >= 4 is 11.8 Å². The second-order valence-corrected chi connectivity index (χ2v) is 4.17. The van der Waals surface area contributed by atoms with E-state index < -0.39 is 5.54 Å². The van der Waals surface area contributed by atoms with Crippen molar-refractivity contribution in [2.24, 2.45) is 0 Å². The fourth-order valence-corrected chi connectivity index (χ4v) is 1.47. The Morgan fingerprint density at radius 3 is 2.75 bits per heavy atom. The molecular formula is C10H18N2O4. The van der Waals surface area contributed by atoms with Crippen molar-refractivity contribution in [3.63, 3.8) is 0 Å². The Hall–Kier alpha value is -0.980. The third kappa shape index (κ3) is 3.01. The SMILES string of the molecule is CC1(C)NCC(=O)N(CCOCCO)C1=O. The zero-order valence-corrected chi connectivity index (χ0v) is 9.65. The molecule has 1 heterocycles. The van der Waals surface area contributed by atoms with E-state index in [1.165, 1.54) is 4.90 Å². The molecule has 0 aliphatic carbocycles. The molecular weight excluding hydrogens is 212 g/mol. The van der Waals surface area contributed by atoms with Gasteiger partial charge in [-0.15, -0.1) is 0 Å². The summed E-state index contributed by atoms with van der Waals surface area (Å²) in [6.45, 7) is 4.30. The van der Waals surface area contributed by atoms with E-state index in [2.05, 4.69) is 5.32 Å². The first-order valence-corrected chi connectivity index (χ1v) is 5.27. The molecule has 1 aliphatic rings. The number of carbonyl (C=O) groups is 2. The lowest BCUT2D eigenvalue weighted by Crippen LogP contribution is -2.64. The summed E-state index contributed by atoms with van der Waals surface area (Å²) in [5.74, 6) is -0.478. The molecule has 0 unspecified atom stereocenters. The fraction of sp³-hybridized carbons (Fsp3) is 0.800. The number of nitrogens with one attached hydrogen (secondary N) is 1. The van der Waals surface area contributed by atoms with Gasteiger partial charge in [0, 0.05) is 0 Å². The summed E-state index contributed by atoms with van der Waals surface area (Å²) in [4.78, 5) is 24.6. The lowest BCUT2D eigenvalue weighted by atomic mass is 10.0. The molecule has 2 amide bonds. The van der Waals surface area contributed by atoms with Crippen LogP contribution in [-0.4, -0.2) is 60.3 Å². The predicted molar refractivity (Wildman–Crippen MR) is 56.7 cm³/mol. The number of hydrogen-bond acceptors (Lipinski definition) is 5. The van der Waals surface area contributed by atoms with Gasteiger partial charge in [0.05, 0.1) is 38.4 Å². The average Bonchev–Trinajstić information content (AvgIpc) is 2.24. The molecule has 0 aromatic carbocycles. The first-order valence-electron chi connectivity index (χ1n) is 5.27. The highest BCUT2D eigenvalue weighted by Gasteiger charge is 2.39. The van der Waals surface area contributed by atoms with Crippen LogP contribution in [0, 0.1) is 0 Å². The van der Waals surface area contributed by atoms with Crippen molar-refractivity contribution in [1.82, 2.24) is 10.2 Å². The summed E-state index contributed by atoms with van der Waals surface area (Å²) in [5, 5.41) is 11.4. The van der Waals surface area contributed by atoms with Gasteiger partial charge in [0.1, 0.15) is 0 Å². The van der Waals surface area contributed by atoms with E-state index in [9.17, 15) is 9.59 Å². The molecule has 92 valence electrons. The number of imide groups is 1. The maximum atomic E-state index is 11.9. The van der Waals surface area contributed by atoms with Gasteiger partial charge in [-0.3, -0.25) is 19.8 Å². The molecule has 0 aromatic heterocycles. The van der Waals surface area contributed by atoms with E-state index in [4.69, 9.17) is 9.84 Å². The van der Waals surface area contributed by atoms with Crippen molar-refractivity contribution in [1.29, 1.82) is 0 Å². The monoisotopic (exact) mass is 230 g/mol. The number of amides is 2. The second kappa shape index (κ2) is 5.38. The van der Waals surface area contributed by atoms with Gasteiger partial charge < -0.3 is 9.84 Å². The maximum absolute atomic E-state index is 11.9. The van der Waals surface area contributed by atoms with Crippen molar-refractivity contribution in [3.8, 4) is 0 Å². The molecule has 0 radical (unpaired) electrons. The summed E-state index contributed by atoms with van der Waals surface area (Å²) in [5.41, 5.74) is -0.703. The number of nitrogens with zero attached hydrogens (tertiary/aromatic N) is 1. The largest absolute Gasteiger partial charge is 0.394 e. The highest BCUT2D eigenvalue weighted by Crippen LogP contribution is 2.12. The molecule has 6 heteroatoms. The highest BCUT2D eigenvalue weighted by atomic mass is 16.5. The second-order valence-electron chi connectivity index (χ2n) is 4.17. The molecule has 0 bridgehead atoms. The Morgan fingerprint density at radius 2 is 2.12 bits per heavy atom. The number of piperazine rings is 1. The molecule has 2 N–H and O–H groups in total. The summed E-state index contributed by atoms with van der Waals surface area (Å²) >= 11 is 0. The van der Waals surface area contributed by atoms with Crippen LogP contribution >= 0.6 is 0 Å². The van der Waals surface area contributed by atoms with Crippen molar-refractivity contribution < 1.29 is 19.4 Å². The Labute approximate surface area is 94.6 Å². The molecule has 0 saturated carbocycles. The normalized spacial score (nSPS) is 20.3. The third-order valence-electron chi connectivity index (χ3n) is 2.46. The Kier molecular flexibility index (Phi) is 4.40. The standard InChI is InChI=1S/C10H18N2O4/c1-10(2)9(15)12(8(14)7-11-10)3-5-16-6-4-13/h11,13H,3-7H2,1-2H3. The van der Waals surface area contributed by atoms with Gasteiger partial charge in [0.25, 0.3) is 0 Å². The number of aliphatic hydroxyl groups excluding tert-OH is 1. The summed E-state index contributed by atoms with van der Waals surface area (Å²) in [7, 11) is 0. The van der Waals surface area contributed by atoms with Crippen LogP contribution in [-0.2, 0) is 14.3 Å². The van der Waals surface area contributed by atoms with Crippen LogP contribution in [0.1, 0.15) is 13.8 Å². The van der Waals surface area contributed by atoms with E-state index in [0.717, 1.165) is 0 Å². The lowest BCUT2D eigenvalue weighted by Gasteiger charge is -2.36. The number of carbonyl (C=O) groups excluding carboxylic acids is 2. The molecule has 0 aromatic rings. The van der Waals surface area contributed by atoms with Gasteiger partial charge in [-0.05, 0) is 13.8 Å². The molecule has 0 atom stereocenters. The molecule has 6 nitrogen and oxygen atoms in total.